The number of carbonyl (C=O) groups is 2. The predicted octanol–water partition coefficient (Wildman–Crippen LogP) is 4.22. The van der Waals surface area contributed by atoms with E-state index in [1.165, 1.54) is 17.7 Å². The maximum Gasteiger partial charge on any atom is 0.416 e. The van der Waals surface area contributed by atoms with Crippen molar-refractivity contribution < 1.29 is 32.6 Å². The van der Waals surface area contributed by atoms with Crippen molar-refractivity contribution in [1.82, 2.24) is 9.55 Å². The van der Waals surface area contributed by atoms with E-state index in [9.17, 15) is 27.9 Å². The van der Waals surface area contributed by atoms with Crippen LogP contribution in [-0.4, -0.2) is 33.7 Å². The van der Waals surface area contributed by atoms with Crippen LogP contribution in [0.3, 0.4) is 0 Å². The van der Waals surface area contributed by atoms with Crippen molar-refractivity contribution in [3.05, 3.63) is 59.2 Å². The number of alkyl halides is 3. The van der Waals surface area contributed by atoms with Crippen molar-refractivity contribution in [2.24, 2.45) is 0 Å². The Labute approximate surface area is 167 Å². The number of esters is 1. The molecule has 3 aromatic rings. The molecule has 1 aromatic heterocycles. The molecule has 0 unspecified atom stereocenters. The third-order valence-electron chi connectivity index (χ3n) is 4.05. The Morgan fingerprint density at radius 3 is 2.62 bits per heavy atom. The number of hydrogen-bond acceptors (Lipinski definition) is 5. The van der Waals surface area contributed by atoms with Gasteiger partial charge in [-0.05, 0) is 35.9 Å². The van der Waals surface area contributed by atoms with Crippen molar-refractivity contribution in [1.29, 1.82) is 0 Å². The first-order chi connectivity index (χ1) is 13.7. The maximum atomic E-state index is 13.0. The van der Waals surface area contributed by atoms with Crippen molar-refractivity contribution >= 4 is 34.7 Å². The molecule has 29 heavy (non-hydrogen) atoms. The standard InChI is InChI=1S/C19H15F3N2O4S/c1-28-17(27)12-4-2-3-11(7-12)10-29-18-23-14-8-13(19(20,21)22)5-6-15(14)24(18)9-16(25)26/h2-8H,9-10H2,1H3,(H,25,26). The van der Waals surface area contributed by atoms with Gasteiger partial charge in [-0.25, -0.2) is 9.78 Å². The van der Waals surface area contributed by atoms with Crippen LogP contribution in [-0.2, 0) is 28.0 Å². The van der Waals surface area contributed by atoms with Crippen LogP contribution in [0.2, 0.25) is 0 Å². The number of rotatable bonds is 6. The van der Waals surface area contributed by atoms with E-state index in [4.69, 9.17) is 0 Å². The molecule has 0 aliphatic rings. The molecule has 0 aliphatic heterocycles. The van der Waals surface area contributed by atoms with E-state index < -0.39 is 30.2 Å². The number of aromatic nitrogens is 2. The molecule has 1 N–H and O–H groups in total. The van der Waals surface area contributed by atoms with Crippen molar-refractivity contribution in [2.45, 2.75) is 23.6 Å². The zero-order chi connectivity index (χ0) is 21.2. The number of carbonyl (C=O) groups excluding carboxylic acids is 1. The van der Waals surface area contributed by atoms with E-state index in [2.05, 4.69) is 9.72 Å². The summed E-state index contributed by atoms with van der Waals surface area (Å²) in [6.45, 7) is -0.438. The lowest BCUT2D eigenvalue weighted by atomic mass is 10.1. The number of benzene rings is 2. The molecule has 0 amide bonds. The molecule has 0 fully saturated rings. The summed E-state index contributed by atoms with van der Waals surface area (Å²) < 4.78 is 44.9. The summed E-state index contributed by atoms with van der Waals surface area (Å²) in [5.41, 5.74) is 0.618. The van der Waals surface area contributed by atoms with Gasteiger partial charge in [-0.1, -0.05) is 23.9 Å². The van der Waals surface area contributed by atoms with Crippen LogP contribution in [0.4, 0.5) is 13.2 Å². The highest BCUT2D eigenvalue weighted by Crippen LogP contribution is 2.33. The van der Waals surface area contributed by atoms with Crippen LogP contribution >= 0.6 is 11.8 Å². The second-order valence-corrected chi connectivity index (χ2v) is 7.00. The summed E-state index contributed by atoms with van der Waals surface area (Å²) in [6, 6.07) is 9.69. The van der Waals surface area contributed by atoms with Crippen molar-refractivity contribution in [3.63, 3.8) is 0 Å². The number of thioether (sulfide) groups is 1. The Balaban J connectivity index is 1.93. The minimum Gasteiger partial charge on any atom is -0.480 e. The topological polar surface area (TPSA) is 81.4 Å². The van der Waals surface area contributed by atoms with Gasteiger partial charge in [0.1, 0.15) is 6.54 Å². The number of carboxylic acid groups (broad SMARTS) is 1. The SMILES string of the molecule is COC(=O)c1cccc(CSc2nc3cc(C(F)(F)F)ccc3n2CC(=O)O)c1. The van der Waals surface area contributed by atoms with Crippen LogP contribution in [0.25, 0.3) is 11.0 Å². The molecule has 6 nitrogen and oxygen atoms in total. The van der Waals surface area contributed by atoms with Crippen molar-refractivity contribution in [3.8, 4) is 0 Å². The van der Waals surface area contributed by atoms with Crippen LogP contribution in [0.1, 0.15) is 21.5 Å². The first-order valence-corrected chi connectivity index (χ1v) is 9.27. The van der Waals surface area contributed by atoms with E-state index in [-0.39, 0.29) is 10.7 Å². The molecule has 2 aromatic carbocycles. The predicted molar refractivity (Wildman–Crippen MR) is 99.7 cm³/mol. The fraction of sp³-hybridized carbons (Fsp3) is 0.211. The molecule has 0 aliphatic carbocycles. The molecular weight excluding hydrogens is 409 g/mol. The lowest BCUT2D eigenvalue weighted by molar-refractivity contribution is -0.138. The van der Waals surface area contributed by atoms with Gasteiger partial charge in [-0.2, -0.15) is 13.2 Å². The quantitative estimate of drug-likeness (QED) is 0.471. The molecule has 0 bridgehead atoms. The summed E-state index contributed by atoms with van der Waals surface area (Å²) in [4.78, 5) is 27.1. The average Bonchev–Trinajstić information content (AvgIpc) is 3.01. The lowest BCUT2D eigenvalue weighted by Gasteiger charge is -2.08. The van der Waals surface area contributed by atoms with Gasteiger partial charge in [0.05, 0.1) is 29.3 Å². The normalized spacial score (nSPS) is 11.6. The van der Waals surface area contributed by atoms with Gasteiger partial charge in [0, 0.05) is 5.75 Å². The number of imidazole rings is 1. The Morgan fingerprint density at radius 1 is 1.21 bits per heavy atom. The molecule has 0 radical (unpaired) electrons. The van der Waals surface area contributed by atoms with E-state index in [1.807, 2.05) is 0 Å². The van der Waals surface area contributed by atoms with Crippen LogP contribution < -0.4 is 0 Å². The largest absolute Gasteiger partial charge is 0.480 e. The number of methoxy groups -OCH3 is 1. The highest BCUT2D eigenvalue weighted by atomic mass is 32.2. The number of ether oxygens (including phenoxy) is 1. The van der Waals surface area contributed by atoms with Gasteiger partial charge in [-0.15, -0.1) is 0 Å². The zero-order valence-electron chi connectivity index (χ0n) is 15.1. The van der Waals surface area contributed by atoms with Gasteiger partial charge >= 0.3 is 18.1 Å². The Kier molecular flexibility index (Phi) is 5.83. The minimum absolute atomic E-state index is 0.0619. The minimum atomic E-state index is -4.52. The summed E-state index contributed by atoms with van der Waals surface area (Å²) in [7, 11) is 1.27. The number of aliphatic carboxylic acids is 1. The third-order valence-corrected chi connectivity index (χ3v) is 5.10. The molecule has 1 heterocycles. The molecule has 0 atom stereocenters. The Morgan fingerprint density at radius 2 is 1.97 bits per heavy atom. The molecule has 0 saturated carbocycles. The van der Waals surface area contributed by atoms with E-state index in [1.54, 1.807) is 24.3 Å². The summed E-state index contributed by atoms with van der Waals surface area (Å²) in [6.07, 6.45) is -4.52. The van der Waals surface area contributed by atoms with Gasteiger partial charge in [0.25, 0.3) is 0 Å². The molecule has 3 rings (SSSR count). The van der Waals surface area contributed by atoms with Crippen molar-refractivity contribution in [2.75, 3.05) is 7.11 Å². The maximum absolute atomic E-state index is 13.0. The molecule has 10 heteroatoms. The van der Waals surface area contributed by atoms with Crippen LogP contribution in [0.5, 0.6) is 0 Å². The molecule has 0 saturated heterocycles. The smallest absolute Gasteiger partial charge is 0.416 e. The number of hydrogen-bond donors (Lipinski definition) is 1. The Bertz CT molecular complexity index is 1080. The first-order valence-electron chi connectivity index (χ1n) is 8.28. The fourth-order valence-corrected chi connectivity index (χ4v) is 3.69. The van der Waals surface area contributed by atoms with Crippen LogP contribution in [0.15, 0.2) is 47.6 Å². The Hall–Kier alpha value is -3.01. The second kappa shape index (κ2) is 8.16. The summed E-state index contributed by atoms with van der Waals surface area (Å²) in [5, 5.41) is 9.44. The second-order valence-electron chi connectivity index (χ2n) is 6.06. The van der Waals surface area contributed by atoms with Gasteiger partial charge in [0.2, 0.25) is 0 Å². The van der Waals surface area contributed by atoms with Crippen LogP contribution in [0, 0.1) is 0 Å². The molecule has 0 spiro atoms. The van der Waals surface area contributed by atoms with E-state index >= 15 is 0 Å². The highest BCUT2D eigenvalue weighted by Gasteiger charge is 2.31. The number of fused-ring (bicyclic) bond motifs is 1. The van der Waals surface area contributed by atoms with E-state index in [0.717, 1.165) is 29.5 Å². The van der Waals surface area contributed by atoms with Gasteiger partial charge in [0.15, 0.2) is 5.16 Å². The highest BCUT2D eigenvalue weighted by molar-refractivity contribution is 7.98. The van der Waals surface area contributed by atoms with E-state index in [0.29, 0.717) is 16.8 Å². The monoisotopic (exact) mass is 424 g/mol. The fourth-order valence-electron chi connectivity index (χ4n) is 2.74. The zero-order valence-corrected chi connectivity index (χ0v) is 15.9. The summed E-state index contributed by atoms with van der Waals surface area (Å²) >= 11 is 1.16. The lowest BCUT2D eigenvalue weighted by Crippen LogP contribution is -2.10. The van der Waals surface area contributed by atoms with Gasteiger partial charge in [-0.3, -0.25) is 4.79 Å². The molecule has 152 valence electrons. The number of carboxylic acids is 1. The number of halogens is 3. The molecular formula is C19H15F3N2O4S. The summed E-state index contributed by atoms with van der Waals surface area (Å²) in [5.74, 6) is -1.30. The average molecular weight is 424 g/mol. The first kappa shape index (κ1) is 20.7. The van der Waals surface area contributed by atoms with Gasteiger partial charge < -0.3 is 14.4 Å². The number of nitrogens with zero attached hydrogens (tertiary/aromatic N) is 2. The third kappa shape index (κ3) is 4.70.